The molecule has 1 aromatic carbocycles. The maximum Gasteiger partial charge on any atom is 0.475 e. The van der Waals surface area contributed by atoms with Crippen molar-refractivity contribution >= 4 is 13.6 Å². The number of pyridine rings is 1. The third-order valence-electron chi connectivity index (χ3n) is 5.40. The first kappa shape index (κ1) is 24.0. The summed E-state index contributed by atoms with van der Waals surface area (Å²) in [4.78, 5) is 11.6. The lowest BCUT2D eigenvalue weighted by Gasteiger charge is -2.29. The maximum atomic E-state index is 13.5. The van der Waals surface area contributed by atoms with Gasteiger partial charge in [0.1, 0.15) is 23.8 Å². The third kappa shape index (κ3) is 5.36. The summed E-state index contributed by atoms with van der Waals surface area (Å²) in [6.07, 6.45) is -2.56. The van der Waals surface area contributed by atoms with E-state index in [4.69, 9.17) is 18.3 Å². The Morgan fingerprint density at radius 2 is 1.97 bits per heavy atom. The van der Waals surface area contributed by atoms with Crippen molar-refractivity contribution in [3.63, 3.8) is 0 Å². The van der Waals surface area contributed by atoms with Gasteiger partial charge in [-0.25, -0.2) is 13.3 Å². The topological polar surface area (TPSA) is 115 Å². The predicted octanol–water partition coefficient (Wildman–Crippen LogP) is 2.38. The Bertz CT molecular complexity index is 1070. The molecular weight excluding hydrogens is 463 g/mol. The molecule has 3 unspecified atom stereocenters. The minimum absolute atomic E-state index is 0.0485. The molecule has 0 aliphatic carbocycles. The number of phosphoric ester groups is 1. The zero-order valence-electron chi connectivity index (χ0n) is 17.5. The molecule has 0 radical (unpaired) electrons. The number of phosphoric acid groups is 1. The molecule has 2 fully saturated rings. The van der Waals surface area contributed by atoms with Crippen molar-refractivity contribution in [3.05, 3.63) is 65.5 Å². The molecule has 0 spiro atoms. The number of hydrogen-bond acceptors (Lipinski definition) is 8. The number of carbonyl (C=O) groups excluding carboxylic acids is 1. The maximum absolute atomic E-state index is 13.5. The minimum Gasteiger partial charge on any atom is -0.387 e. The van der Waals surface area contributed by atoms with Crippen LogP contribution in [0, 0.1) is 11.6 Å². The van der Waals surface area contributed by atoms with Crippen LogP contribution in [0.1, 0.15) is 41.6 Å². The zero-order valence-corrected chi connectivity index (χ0v) is 18.4. The fraction of sp³-hybridized carbons (Fsp3) is 0.429. The van der Waals surface area contributed by atoms with Crippen LogP contribution in [0.3, 0.4) is 0 Å². The summed E-state index contributed by atoms with van der Waals surface area (Å²) in [7, 11) is -4.15. The molecule has 2 N–H and O–H groups in total. The second-order valence-corrected chi connectivity index (χ2v) is 9.43. The standard InChI is InChI=1S/C21H23F2NO8P/c1-12(25)13-3-2-5-24(10-13)21-20(27)19(26)18(31-21)11-30-33(28)29-6-4-17(32-33)14-7-15(22)9-16(23)8-14/h2-3,5,7-10,17-21,26-27H,4,6,11H2,1H3/q+1/t17?,18?,19-,20-,21-,33?/m1/s1. The van der Waals surface area contributed by atoms with E-state index in [-0.39, 0.29) is 24.4 Å². The number of aliphatic hydroxyl groups excluding tert-OH is 2. The number of benzene rings is 1. The van der Waals surface area contributed by atoms with Crippen LogP contribution in [0.25, 0.3) is 0 Å². The van der Waals surface area contributed by atoms with Gasteiger partial charge in [-0.1, -0.05) is 0 Å². The monoisotopic (exact) mass is 486 g/mol. The number of carbonyl (C=O) groups is 1. The molecule has 12 heteroatoms. The highest BCUT2D eigenvalue weighted by atomic mass is 31.2. The smallest absolute Gasteiger partial charge is 0.387 e. The van der Waals surface area contributed by atoms with Crippen molar-refractivity contribution in [1.29, 1.82) is 0 Å². The van der Waals surface area contributed by atoms with Gasteiger partial charge in [-0.15, -0.1) is 0 Å². The molecule has 2 aliphatic heterocycles. The minimum atomic E-state index is -4.15. The number of ketones is 1. The van der Waals surface area contributed by atoms with E-state index in [2.05, 4.69) is 0 Å². The SMILES string of the molecule is CC(=O)c1ccc[n+]([C@@H]2OC(COP3(=O)OCCC(c4cc(F)cc(F)c4)O3)[C@@H](O)[C@H]2O)c1. The van der Waals surface area contributed by atoms with E-state index in [1.54, 1.807) is 18.3 Å². The molecule has 178 valence electrons. The molecule has 33 heavy (non-hydrogen) atoms. The molecule has 2 aromatic rings. The number of hydrogen-bond donors (Lipinski definition) is 2. The number of ether oxygens (including phenoxy) is 1. The van der Waals surface area contributed by atoms with E-state index in [0.29, 0.717) is 11.6 Å². The number of rotatable bonds is 6. The van der Waals surface area contributed by atoms with Crippen molar-refractivity contribution in [2.24, 2.45) is 0 Å². The largest absolute Gasteiger partial charge is 0.475 e. The van der Waals surface area contributed by atoms with Crippen LogP contribution in [0.15, 0.2) is 42.7 Å². The van der Waals surface area contributed by atoms with Crippen molar-refractivity contribution < 1.29 is 51.2 Å². The average Bonchev–Trinajstić information content (AvgIpc) is 3.06. The summed E-state index contributed by atoms with van der Waals surface area (Å²) in [6.45, 7) is 0.889. The Morgan fingerprint density at radius 3 is 2.67 bits per heavy atom. The van der Waals surface area contributed by atoms with Crippen LogP contribution in [0.5, 0.6) is 0 Å². The highest BCUT2D eigenvalue weighted by Gasteiger charge is 2.49. The molecule has 0 amide bonds. The van der Waals surface area contributed by atoms with E-state index < -0.39 is 56.7 Å². The van der Waals surface area contributed by atoms with Crippen LogP contribution < -0.4 is 4.57 Å². The third-order valence-corrected chi connectivity index (χ3v) is 6.88. The van der Waals surface area contributed by atoms with Gasteiger partial charge in [0.15, 0.2) is 24.3 Å². The summed E-state index contributed by atoms with van der Waals surface area (Å²) >= 11 is 0. The zero-order chi connectivity index (χ0) is 23.8. The summed E-state index contributed by atoms with van der Waals surface area (Å²) in [5.74, 6) is -1.79. The lowest BCUT2D eigenvalue weighted by atomic mass is 10.1. The Kier molecular flexibility index (Phi) is 7.01. The summed E-state index contributed by atoms with van der Waals surface area (Å²) in [6, 6.07) is 6.05. The van der Waals surface area contributed by atoms with Gasteiger partial charge in [0.05, 0.1) is 24.9 Å². The van der Waals surface area contributed by atoms with Crippen LogP contribution >= 0.6 is 7.82 Å². The first-order valence-electron chi connectivity index (χ1n) is 10.2. The van der Waals surface area contributed by atoms with E-state index in [0.717, 1.165) is 12.1 Å². The molecule has 1 aromatic heterocycles. The van der Waals surface area contributed by atoms with Gasteiger partial charge in [0.2, 0.25) is 0 Å². The second-order valence-electron chi connectivity index (χ2n) is 7.80. The van der Waals surface area contributed by atoms with E-state index in [9.17, 15) is 28.4 Å². The molecule has 2 aliphatic rings. The summed E-state index contributed by atoms with van der Waals surface area (Å²) in [5, 5.41) is 20.8. The van der Waals surface area contributed by atoms with Crippen LogP contribution in [0.2, 0.25) is 0 Å². The normalized spacial score (nSPS) is 32.1. The quantitative estimate of drug-likeness (QED) is 0.363. The van der Waals surface area contributed by atoms with Crippen LogP contribution in [-0.4, -0.2) is 47.5 Å². The highest BCUT2D eigenvalue weighted by Crippen LogP contribution is 2.57. The molecule has 4 rings (SSSR count). The second kappa shape index (κ2) is 9.63. The van der Waals surface area contributed by atoms with E-state index in [1.165, 1.54) is 17.7 Å². The van der Waals surface area contributed by atoms with Crippen LogP contribution in [-0.2, 0) is 22.9 Å². The molecule has 3 heterocycles. The van der Waals surface area contributed by atoms with E-state index >= 15 is 0 Å². The van der Waals surface area contributed by atoms with Crippen molar-refractivity contribution in [1.82, 2.24) is 0 Å². The molecule has 2 saturated heterocycles. The molecular formula is C21H23F2NO8P+. The summed E-state index contributed by atoms with van der Waals surface area (Å²) < 4.78 is 62.9. The van der Waals surface area contributed by atoms with E-state index in [1.807, 2.05) is 0 Å². The lowest BCUT2D eigenvalue weighted by molar-refractivity contribution is -0.765. The fourth-order valence-electron chi connectivity index (χ4n) is 3.70. The molecule has 6 atom stereocenters. The average molecular weight is 486 g/mol. The number of aromatic nitrogens is 1. The number of Topliss-reactive ketones (excluding diaryl/α,β-unsaturated/α-hetero) is 1. The lowest BCUT2D eigenvalue weighted by Crippen LogP contribution is -2.46. The Balaban J connectivity index is 1.42. The number of aliphatic hydroxyl groups is 2. The van der Waals surface area contributed by atoms with Gasteiger partial charge in [0, 0.05) is 18.6 Å². The van der Waals surface area contributed by atoms with Crippen LogP contribution in [0.4, 0.5) is 8.78 Å². The molecule has 0 saturated carbocycles. The number of halogens is 2. The molecule has 0 bridgehead atoms. The fourth-order valence-corrected chi connectivity index (χ4v) is 5.10. The van der Waals surface area contributed by atoms with Gasteiger partial charge in [-0.05, 0) is 30.7 Å². The Labute approximate surface area is 188 Å². The van der Waals surface area contributed by atoms with Gasteiger partial charge >= 0.3 is 7.82 Å². The predicted molar refractivity (Wildman–Crippen MR) is 107 cm³/mol. The summed E-state index contributed by atoms with van der Waals surface area (Å²) in [5.41, 5.74) is 0.532. The number of nitrogens with zero attached hydrogens (tertiary/aromatic N) is 1. The Morgan fingerprint density at radius 1 is 1.24 bits per heavy atom. The van der Waals surface area contributed by atoms with Gasteiger partial charge in [0.25, 0.3) is 6.23 Å². The van der Waals surface area contributed by atoms with Crippen molar-refractivity contribution in [3.8, 4) is 0 Å². The van der Waals surface area contributed by atoms with Gasteiger partial charge in [-0.2, -0.15) is 4.57 Å². The van der Waals surface area contributed by atoms with Gasteiger partial charge in [-0.3, -0.25) is 18.4 Å². The molecule has 9 nitrogen and oxygen atoms in total. The first-order valence-corrected chi connectivity index (χ1v) is 11.7. The van der Waals surface area contributed by atoms with Gasteiger partial charge < -0.3 is 14.9 Å². The Hall–Kier alpha value is -2.11. The van der Waals surface area contributed by atoms with Crippen molar-refractivity contribution in [2.45, 2.75) is 44.0 Å². The first-order chi connectivity index (χ1) is 15.6. The van der Waals surface area contributed by atoms with Crippen molar-refractivity contribution in [2.75, 3.05) is 13.2 Å². The highest BCUT2D eigenvalue weighted by molar-refractivity contribution is 7.48.